The van der Waals surface area contributed by atoms with Crippen LogP contribution in [0.5, 0.6) is 0 Å². The van der Waals surface area contributed by atoms with E-state index in [1.807, 2.05) is 18.9 Å². The van der Waals surface area contributed by atoms with Crippen molar-refractivity contribution < 1.29 is 22.5 Å². The van der Waals surface area contributed by atoms with Crippen LogP contribution in [0.4, 0.5) is 4.39 Å². The first-order valence-electron chi connectivity index (χ1n) is 10.2. The molecule has 0 spiro atoms. The largest absolute Gasteiger partial charge is 0.338 e. The molecule has 0 unspecified atom stereocenters. The van der Waals surface area contributed by atoms with E-state index in [1.54, 1.807) is 0 Å². The van der Waals surface area contributed by atoms with E-state index in [-0.39, 0.29) is 16.8 Å². The van der Waals surface area contributed by atoms with Gasteiger partial charge in [0.2, 0.25) is 10.0 Å². The van der Waals surface area contributed by atoms with Gasteiger partial charge in [-0.15, -0.1) is 0 Å². The van der Waals surface area contributed by atoms with Gasteiger partial charge in [-0.3, -0.25) is 4.79 Å². The third kappa shape index (κ3) is 4.55. The number of sulfonamides is 1. The summed E-state index contributed by atoms with van der Waals surface area (Å²) < 4.78 is 40.3. The first-order valence-corrected chi connectivity index (χ1v) is 11.6. The van der Waals surface area contributed by atoms with Gasteiger partial charge in [0.1, 0.15) is 5.82 Å². The predicted octanol–water partition coefficient (Wildman–Crippen LogP) is 0.895. The number of quaternary nitrogens is 1. The van der Waals surface area contributed by atoms with Crippen molar-refractivity contribution in [1.82, 2.24) is 9.21 Å². The molecular formula is C20H31FN3O3S+. The smallest absolute Gasteiger partial charge is 0.280 e. The molecule has 3 rings (SSSR count). The van der Waals surface area contributed by atoms with Crippen molar-refractivity contribution in [1.29, 1.82) is 0 Å². The number of benzene rings is 1. The Morgan fingerprint density at radius 2 is 1.86 bits per heavy atom. The van der Waals surface area contributed by atoms with Crippen molar-refractivity contribution in [3.63, 3.8) is 0 Å². The minimum atomic E-state index is -3.70. The molecule has 1 aliphatic carbocycles. The number of halogens is 1. The van der Waals surface area contributed by atoms with E-state index in [9.17, 15) is 17.6 Å². The number of nitrogens with zero attached hydrogens (tertiary/aromatic N) is 2. The average molecular weight is 413 g/mol. The van der Waals surface area contributed by atoms with Gasteiger partial charge < -0.3 is 9.80 Å². The van der Waals surface area contributed by atoms with E-state index in [4.69, 9.17) is 0 Å². The maximum Gasteiger partial charge on any atom is 0.280 e. The summed E-state index contributed by atoms with van der Waals surface area (Å²) >= 11 is 0. The van der Waals surface area contributed by atoms with Crippen molar-refractivity contribution in [3.05, 3.63) is 30.1 Å². The standard InChI is InChI=1S/C20H30FN3O3S/c1-16(20(25)22(2)18-8-4-3-5-9-18)23-11-13-24(14-12-23)28(26,27)19-10-6-7-17(21)15-19/h6-7,10,15-16,18H,3-5,8-9,11-14H2,1-2H3/p+1/t16-/m0/s1. The zero-order valence-corrected chi connectivity index (χ0v) is 17.5. The van der Waals surface area contributed by atoms with Gasteiger partial charge in [0.25, 0.3) is 5.91 Å². The van der Waals surface area contributed by atoms with E-state index in [1.165, 1.54) is 41.8 Å². The lowest BCUT2D eigenvalue weighted by Crippen LogP contribution is -3.19. The third-order valence-corrected chi connectivity index (χ3v) is 8.15. The second kappa shape index (κ2) is 8.88. The topological polar surface area (TPSA) is 62.1 Å². The van der Waals surface area contributed by atoms with Gasteiger partial charge >= 0.3 is 0 Å². The summed E-state index contributed by atoms with van der Waals surface area (Å²) in [5.41, 5.74) is 0. The number of nitrogens with one attached hydrogen (secondary N) is 1. The quantitative estimate of drug-likeness (QED) is 0.782. The highest BCUT2D eigenvalue weighted by Gasteiger charge is 2.36. The Hall–Kier alpha value is -1.51. The summed E-state index contributed by atoms with van der Waals surface area (Å²) in [5, 5.41) is 0. The molecule has 156 valence electrons. The normalized spacial score (nSPS) is 21.4. The minimum Gasteiger partial charge on any atom is -0.338 e. The molecule has 1 heterocycles. The number of piperazine rings is 1. The van der Waals surface area contributed by atoms with Crippen LogP contribution in [0, 0.1) is 5.82 Å². The predicted molar refractivity (Wildman–Crippen MR) is 105 cm³/mol. The van der Waals surface area contributed by atoms with E-state index in [0.29, 0.717) is 32.2 Å². The number of rotatable bonds is 5. The maximum absolute atomic E-state index is 13.4. The molecule has 1 saturated carbocycles. The zero-order valence-electron chi connectivity index (χ0n) is 16.7. The summed E-state index contributed by atoms with van der Waals surface area (Å²) in [5.74, 6) is -0.418. The second-order valence-corrected chi connectivity index (χ2v) is 9.92. The Balaban J connectivity index is 1.59. The van der Waals surface area contributed by atoms with Crippen molar-refractivity contribution in [2.75, 3.05) is 33.2 Å². The highest BCUT2D eigenvalue weighted by molar-refractivity contribution is 7.89. The number of carbonyl (C=O) groups is 1. The number of hydrogen-bond acceptors (Lipinski definition) is 3. The summed E-state index contributed by atoms with van der Waals surface area (Å²) in [7, 11) is -1.80. The lowest BCUT2D eigenvalue weighted by atomic mass is 9.94. The Morgan fingerprint density at radius 3 is 2.46 bits per heavy atom. The van der Waals surface area contributed by atoms with Crippen LogP contribution >= 0.6 is 0 Å². The molecule has 1 aromatic carbocycles. The monoisotopic (exact) mass is 412 g/mol. The fraction of sp³-hybridized carbons (Fsp3) is 0.650. The average Bonchev–Trinajstić information content (AvgIpc) is 2.73. The van der Waals surface area contributed by atoms with Crippen LogP contribution in [-0.2, 0) is 14.8 Å². The summed E-state index contributed by atoms with van der Waals surface area (Å²) in [4.78, 5) is 15.9. The highest BCUT2D eigenvalue weighted by atomic mass is 32.2. The van der Waals surface area contributed by atoms with Gasteiger partial charge in [0, 0.05) is 13.1 Å². The van der Waals surface area contributed by atoms with Crippen molar-refractivity contribution in [2.24, 2.45) is 0 Å². The number of hydrogen-bond donors (Lipinski definition) is 1. The SMILES string of the molecule is C[C@@H](C(=O)N(C)C1CCCCC1)[NH+]1CCN(S(=O)(=O)c2cccc(F)c2)CC1. The number of amides is 1. The lowest BCUT2D eigenvalue weighted by molar-refractivity contribution is -0.918. The van der Waals surface area contributed by atoms with Crippen LogP contribution in [0.1, 0.15) is 39.0 Å². The molecule has 2 fully saturated rings. The molecule has 1 aromatic rings. The number of carbonyl (C=O) groups excluding carboxylic acids is 1. The molecule has 28 heavy (non-hydrogen) atoms. The van der Waals surface area contributed by atoms with Gasteiger partial charge in [0.15, 0.2) is 6.04 Å². The van der Waals surface area contributed by atoms with Gasteiger partial charge in [-0.05, 0) is 38.0 Å². The molecule has 6 nitrogen and oxygen atoms in total. The van der Waals surface area contributed by atoms with E-state index in [2.05, 4.69) is 0 Å². The molecular weight excluding hydrogens is 381 g/mol. The molecule has 1 aliphatic heterocycles. The van der Waals surface area contributed by atoms with Crippen LogP contribution in [0.2, 0.25) is 0 Å². The zero-order chi connectivity index (χ0) is 20.3. The third-order valence-electron chi connectivity index (χ3n) is 6.25. The molecule has 1 saturated heterocycles. The summed E-state index contributed by atoms with van der Waals surface area (Å²) in [6.07, 6.45) is 5.76. The summed E-state index contributed by atoms with van der Waals surface area (Å²) in [6.45, 7) is 3.74. The van der Waals surface area contributed by atoms with Crippen LogP contribution in [0.3, 0.4) is 0 Å². The minimum absolute atomic E-state index is 0.0166. The van der Waals surface area contributed by atoms with Gasteiger partial charge in [-0.1, -0.05) is 25.3 Å². The molecule has 2 aliphatic rings. The highest BCUT2D eigenvalue weighted by Crippen LogP contribution is 2.22. The maximum atomic E-state index is 13.4. The van der Waals surface area contributed by atoms with Gasteiger partial charge in [0.05, 0.1) is 31.1 Å². The van der Waals surface area contributed by atoms with Gasteiger partial charge in [-0.2, -0.15) is 4.31 Å². The molecule has 1 atom stereocenters. The number of likely N-dealkylation sites (N-methyl/N-ethyl adjacent to an activating group) is 1. The molecule has 0 bridgehead atoms. The second-order valence-electron chi connectivity index (χ2n) is 7.98. The molecule has 0 radical (unpaired) electrons. The van der Waals surface area contributed by atoms with Crippen LogP contribution in [0.25, 0.3) is 0 Å². The van der Waals surface area contributed by atoms with Crippen LogP contribution in [0.15, 0.2) is 29.2 Å². The molecule has 1 amide bonds. The van der Waals surface area contributed by atoms with E-state index < -0.39 is 15.8 Å². The first kappa shape index (κ1) is 21.2. The Bertz CT molecular complexity index is 788. The lowest BCUT2D eigenvalue weighted by Gasteiger charge is -2.37. The van der Waals surface area contributed by atoms with Crippen molar-refractivity contribution in [2.45, 2.75) is 56.0 Å². The van der Waals surface area contributed by atoms with E-state index >= 15 is 0 Å². The van der Waals surface area contributed by atoms with Crippen molar-refractivity contribution in [3.8, 4) is 0 Å². The Morgan fingerprint density at radius 1 is 1.21 bits per heavy atom. The Labute approximate surface area is 167 Å². The fourth-order valence-electron chi connectivity index (χ4n) is 4.35. The molecule has 0 aromatic heterocycles. The molecule has 8 heteroatoms. The van der Waals surface area contributed by atoms with Gasteiger partial charge in [-0.25, -0.2) is 12.8 Å². The molecule has 1 N–H and O–H groups in total. The first-order chi connectivity index (χ1) is 13.3. The fourth-order valence-corrected chi connectivity index (χ4v) is 5.83. The van der Waals surface area contributed by atoms with Crippen LogP contribution in [-0.4, -0.2) is 68.8 Å². The van der Waals surface area contributed by atoms with Crippen molar-refractivity contribution >= 4 is 15.9 Å². The summed E-state index contributed by atoms with van der Waals surface area (Å²) in [6, 6.07) is 5.26. The van der Waals surface area contributed by atoms with E-state index in [0.717, 1.165) is 23.8 Å². The Kier molecular flexibility index (Phi) is 6.73. The van der Waals surface area contributed by atoms with Crippen LogP contribution < -0.4 is 4.90 Å².